The molecule has 0 aliphatic rings. The van der Waals surface area contributed by atoms with Crippen LogP contribution in [0.2, 0.25) is 0 Å². The van der Waals surface area contributed by atoms with Gasteiger partial charge in [0, 0.05) is 12.1 Å². The Kier molecular flexibility index (Phi) is 4.06. The second kappa shape index (κ2) is 4.63. The number of terminal acetylenes is 1. The Morgan fingerprint density at radius 1 is 1.70 bits per heavy atom. The third-order valence-electron chi connectivity index (χ3n) is 1.28. The summed E-state index contributed by atoms with van der Waals surface area (Å²) in [5.74, 6) is 2.49. The molecule has 54 valence electrons. The van der Waals surface area contributed by atoms with Gasteiger partial charge in [0.15, 0.2) is 0 Å². The van der Waals surface area contributed by atoms with Crippen LogP contribution in [-0.4, -0.2) is 6.41 Å². The molecule has 0 aromatic rings. The van der Waals surface area contributed by atoms with Gasteiger partial charge < -0.3 is 5.32 Å². The van der Waals surface area contributed by atoms with Crippen molar-refractivity contribution in [1.82, 2.24) is 5.32 Å². The second-order valence-electron chi connectivity index (χ2n) is 2.05. The third kappa shape index (κ3) is 2.93. The van der Waals surface area contributed by atoms with Gasteiger partial charge in [-0.25, -0.2) is 0 Å². The summed E-state index contributed by atoms with van der Waals surface area (Å²) in [5.41, 5.74) is 1.86. The Morgan fingerprint density at radius 2 is 2.30 bits per heavy atom. The lowest BCUT2D eigenvalue weighted by molar-refractivity contribution is -0.108. The average molecular weight is 137 g/mol. The Bertz CT molecular complexity index is 186. The average Bonchev–Trinajstić information content (AvgIpc) is 1.89. The number of allylic oxidation sites excluding steroid dienone is 2. The molecule has 0 heterocycles. The Morgan fingerprint density at radius 3 is 2.70 bits per heavy atom. The molecule has 0 bridgehead atoms. The number of hydrogen-bond donors (Lipinski definition) is 1. The number of nitrogens with one attached hydrogen (secondary N) is 1. The van der Waals surface area contributed by atoms with Crippen LogP contribution in [0.5, 0.6) is 0 Å². The van der Waals surface area contributed by atoms with E-state index >= 15 is 0 Å². The molecule has 0 aromatic carbocycles. The second-order valence-corrected chi connectivity index (χ2v) is 2.05. The molecule has 0 saturated carbocycles. The van der Waals surface area contributed by atoms with E-state index in [1.807, 2.05) is 13.8 Å². The number of rotatable bonds is 3. The van der Waals surface area contributed by atoms with E-state index in [9.17, 15) is 4.79 Å². The van der Waals surface area contributed by atoms with Crippen molar-refractivity contribution in [2.45, 2.75) is 20.3 Å². The Labute approximate surface area is 61.3 Å². The normalized spacial score (nSPS) is 11.3. The monoisotopic (exact) mass is 137 g/mol. The zero-order valence-electron chi connectivity index (χ0n) is 6.27. The number of carbonyl (C=O) groups is 1. The largest absolute Gasteiger partial charge is 0.333 e. The van der Waals surface area contributed by atoms with Crippen molar-refractivity contribution in [2.24, 2.45) is 0 Å². The number of hydrogen-bond acceptors (Lipinski definition) is 1. The summed E-state index contributed by atoms with van der Waals surface area (Å²) in [6, 6.07) is 0. The van der Waals surface area contributed by atoms with E-state index in [-0.39, 0.29) is 0 Å². The van der Waals surface area contributed by atoms with Crippen molar-refractivity contribution in [2.75, 3.05) is 0 Å². The first kappa shape index (κ1) is 8.77. The van der Waals surface area contributed by atoms with E-state index in [0.29, 0.717) is 12.8 Å². The predicted molar refractivity (Wildman–Crippen MR) is 41.0 cm³/mol. The van der Waals surface area contributed by atoms with Crippen molar-refractivity contribution in [3.05, 3.63) is 11.3 Å². The SMILES string of the molecule is C#CC/C(C)=C(\C)NC=O. The summed E-state index contributed by atoms with van der Waals surface area (Å²) < 4.78 is 0. The highest BCUT2D eigenvalue weighted by molar-refractivity contribution is 5.50. The molecule has 0 fully saturated rings. The smallest absolute Gasteiger partial charge is 0.211 e. The van der Waals surface area contributed by atoms with Crippen molar-refractivity contribution in [1.29, 1.82) is 0 Å². The first-order valence-electron chi connectivity index (χ1n) is 3.02. The molecule has 1 N–H and O–H groups in total. The van der Waals surface area contributed by atoms with Crippen molar-refractivity contribution in [3.8, 4) is 12.3 Å². The fourth-order valence-electron chi connectivity index (χ4n) is 0.497. The van der Waals surface area contributed by atoms with Crippen LogP contribution >= 0.6 is 0 Å². The van der Waals surface area contributed by atoms with E-state index in [1.165, 1.54) is 0 Å². The minimum atomic E-state index is 0.590. The van der Waals surface area contributed by atoms with Gasteiger partial charge in [-0.05, 0) is 19.4 Å². The highest BCUT2D eigenvalue weighted by Gasteiger charge is 1.91. The molecule has 0 aliphatic carbocycles. The summed E-state index contributed by atoms with van der Waals surface area (Å²) in [6.45, 7) is 3.72. The first-order valence-corrected chi connectivity index (χ1v) is 3.02. The lowest BCUT2D eigenvalue weighted by Gasteiger charge is -2.01. The number of carbonyl (C=O) groups excluding carboxylic acids is 1. The van der Waals surface area contributed by atoms with Crippen LogP contribution in [0.3, 0.4) is 0 Å². The van der Waals surface area contributed by atoms with E-state index in [4.69, 9.17) is 6.42 Å². The fraction of sp³-hybridized carbons (Fsp3) is 0.375. The third-order valence-corrected chi connectivity index (χ3v) is 1.28. The van der Waals surface area contributed by atoms with Crippen LogP contribution in [0.1, 0.15) is 20.3 Å². The predicted octanol–water partition coefficient (Wildman–Crippen LogP) is 1.05. The molecule has 0 spiro atoms. The molecule has 0 rings (SSSR count). The molecule has 0 aromatic heterocycles. The Hall–Kier alpha value is -1.23. The standard InChI is InChI=1S/C8H11NO/c1-4-5-7(2)8(3)9-6-10/h1,6H,5H2,2-3H3,(H,9,10)/b8-7+. The maximum Gasteiger partial charge on any atom is 0.211 e. The molecule has 0 unspecified atom stereocenters. The minimum Gasteiger partial charge on any atom is -0.333 e. The summed E-state index contributed by atoms with van der Waals surface area (Å²) in [4.78, 5) is 9.93. The van der Waals surface area contributed by atoms with Crippen LogP contribution < -0.4 is 5.32 Å². The number of amides is 1. The van der Waals surface area contributed by atoms with Gasteiger partial charge >= 0.3 is 0 Å². The van der Waals surface area contributed by atoms with Crippen molar-refractivity contribution >= 4 is 6.41 Å². The van der Waals surface area contributed by atoms with E-state index in [2.05, 4.69) is 11.2 Å². The molecule has 10 heavy (non-hydrogen) atoms. The lowest BCUT2D eigenvalue weighted by Crippen LogP contribution is -2.08. The zero-order valence-corrected chi connectivity index (χ0v) is 6.27. The fourth-order valence-corrected chi connectivity index (χ4v) is 0.497. The first-order chi connectivity index (χ1) is 4.72. The quantitative estimate of drug-likeness (QED) is 0.457. The van der Waals surface area contributed by atoms with E-state index < -0.39 is 0 Å². The molecule has 2 nitrogen and oxygen atoms in total. The van der Waals surface area contributed by atoms with Crippen LogP contribution in [0.15, 0.2) is 11.3 Å². The van der Waals surface area contributed by atoms with Crippen molar-refractivity contribution in [3.63, 3.8) is 0 Å². The summed E-state index contributed by atoms with van der Waals surface area (Å²) in [5, 5.41) is 2.53. The molecule has 1 amide bonds. The topological polar surface area (TPSA) is 29.1 Å². The highest BCUT2D eigenvalue weighted by atomic mass is 16.1. The molecule has 0 atom stereocenters. The van der Waals surface area contributed by atoms with Gasteiger partial charge in [-0.2, -0.15) is 0 Å². The summed E-state index contributed by atoms with van der Waals surface area (Å²) in [6.07, 6.45) is 6.30. The zero-order chi connectivity index (χ0) is 7.98. The van der Waals surface area contributed by atoms with Gasteiger partial charge in [0.2, 0.25) is 6.41 Å². The molecular formula is C8H11NO. The van der Waals surface area contributed by atoms with Crippen LogP contribution in [0.4, 0.5) is 0 Å². The molecule has 0 radical (unpaired) electrons. The van der Waals surface area contributed by atoms with Gasteiger partial charge in [-0.15, -0.1) is 12.3 Å². The van der Waals surface area contributed by atoms with Gasteiger partial charge in [0.25, 0.3) is 0 Å². The van der Waals surface area contributed by atoms with Crippen LogP contribution in [0, 0.1) is 12.3 Å². The van der Waals surface area contributed by atoms with E-state index in [1.54, 1.807) is 0 Å². The molecule has 0 saturated heterocycles. The molecule has 0 aliphatic heterocycles. The van der Waals surface area contributed by atoms with Gasteiger partial charge in [0.1, 0.15) is 0 Å². The Balaban J connectivity index is 4.07. The maximum absolute atomic E-state index is 9.93. The maximum atomic E-state index is 9.93. The van der Waals surface area contributed by atoms with Crippen LogP contribution in [-0.2, 0) is 4.79 Å². The summed E-state index contributed by atoms with van der Waals surface area (Å²) in [7, 11) is 0. The van der Waals surface area contributed by atoms with Crippen molar-refractivity contribution < 1.29 is 4.79 Å². The highest BCUT2D eigenvalue weighted by Crippen LogP contribution is 2.02. The van der Waals surface area contributed by atoms with Gasteiger partial charge in [-0.1, -0.05) is 0 Å². The lowest BCUT2D eigenvalue weighted by atomic mass is 10.2. The van der Waals surface area contributed by atoms with Gasteiger partial charge in [-0.3, -0.25) is 4.79 Å². The molecular weight excluding hydrogens is 126 g/mol. The minimum absolute atomic E-state index is 0.590. The summed E-state index contributed by atoms with van der Waals surface area (Å²) >= 11 is 0. The van der Waals surface area contributed by atoms with E-state index in [0.717, 1.165) is 11.3 Å². The molecule has 2 heteroatoms. The van der Waals surface area contributed by atoms with Gasteiger partial charge in [0.05, 0.1) is 0 Å². The van der Waals surface area contributed by atoms with Crippen LogP contribution in [0.25, 0.3) is 0 Å².